The van der Waals surface area contributed by atoms with Gasteiger partial charge in [0, 0.05) is 10.0 Å². The normalized spacial score (nSPS) is 12.3. The zero-order valence-electron chi connectivity index (χ0n) is 11.5. The fourth-order valence-electron chi connectivity index (χ4n) is 2.14. The molecule has 0 saturated carbocycles. The number of halogens is 3. The molecule has 0 bridgehead atoms. The van der Waals surface area contributed by atoms with Crippen LogP contribution in [-0.2, 0) is 0 Å². The maximum Gasteiger partial charge on any atom is 0.123 e. The maximum atomic E-state index is 13.2. The second kappa shape index (κ2) is 6.27. The van der Waals surface area contributed by atoms with E-state index in [0.29, 0.717) is 0 Å². The molecule has 0 saturated heterocycles. The van der Waals surface area contributed by atoms with E-state index in [1.54, 1.807) is 19.2 Å². The van der Waals surface area contributed by atoms with Crippen molar-refractivity contribution < 1.29 is 9.13 Å². The van der Waals surface area contributed by atoms with Gasteiger partial charge in [0.2, 0.25) is 0 Å². The van der Waals surface area contributed by atoms with Crippen molar-refractivity contribution in [3.63, 3.8) is 0 Å². The van der Waals surface area contributed by atoms with Gasteiger partial charge in [-0.05, 0) is 54.8 Å². The van der Waals surface area contributed by atoms with Crippen molar-refractivity contribution in [3.05, 3.63) is 62.9 Å². The van der Waals surface area contributed by atoms with Gasteiger partial charge in [-0.2, -0.15) is 0 Å². The van der Waals surface area contributed by atoms with E-state index in [1.807, 2.05) is 26.0 Å². The molecule has 0 aliphatic carbocycles. The molecule has 1 atom stereocenters. The third-order valence-corrected chi connectivity index (χ3v) is 5.13. The van der Waals surface area contributed by atoms with Gasteiger partial charge in [0.05, 0.1) is 11.9 Å². The van der Waals surface area contributed by atoms with Crippen molar-refractivity contribution in [1.82, 2.24) is 0 Å². The van der Waals surface area contributed by atoms with Crippen LogP contribution in [0, 0.1) is 19.7 Å². The maximum absolute atomic E-state index is 13.2. The van der Waals surface area contributed by atoms with Crippen LogP contribution in [0.1, 0.15) is 27.1 Å². The Hall–Kier alpha value is -0.870. The third-order valence-electron chi connectivity index (χ3n) is 3.29. The zero-order chi connectivity index (χ0) is 14.9. The average molecular weight is 402 g/mol. The van der Waals surface area contributed by atoms with E-state index in [9.17, 15) is 4.39 Å². The number of hydrogen-bond acceptors (Lipinski definition) is 1. The minimum atomic E-state index is -0.219. The van der Waals surface area contributed by atoms with Crippen molar-refractivity contribution >= 4 is 31.9 Å². The predicted molar refractivity (Wildman–Crippen MR) is 87.3 cm³/mol. The second-order valence-electron chi connectivity index (χ2n) is 4.71. The third kappa shape index (κ3) is 3.07. The van der Waals surface area contributed by atoms with Gasteiger partial charge in [0.15, 0.2) is 0 Å². The Labute approximate surface area is 135 Å². The van der Waals surface area contributed by atoms with Crippen LogP contribution in [0.2, 0.25) is 0 Å². The van der Waals surface area contributed by atoms with E-state index in [4.69, 9.17) is 4.74 Å². The topological polar surface area (TPSA) is 9.23 Å². The van der Waals surface area contributed by atoms with Crippen LogP contribution in [0.4, 0.5) is 4.39 Å². The van der Waals surface area contributed by atoms with E-state index in [-0.39, 0.29) is 10.6 Å². The molecule has 0 N–H and O–H groups in total. The van der Waals surface area contributed by atoms with Gasteiger partial charge in [-0.1, -0.05) is 37.9 Å². The van der Waals surface area contributed by atoms with E-state index >= 15 is 0 Å². The molecule has 20 heavy (non-hydrogen) atoms. The molecular weight excluding hydrogens is 387 g/mol. The second-order valence-corrected chi connectivity index (χ2v) is 6.48. The number of benzene rings is 2. The average Bonchev–Trinajstić information content (AvgIpc) is 2.40. The highest BCUT2D eigenvalue weighted by Crippen LogP contribution is 2.40. The lowest BCUT2D eigenvalue weighted by Gasteiger charge is -2.18. The molecular formula is C16H15Br2FO. The largest absolute Gasteiger partial charge is 0.496 e. The number of hydrogen-bond donors (Lipinski definition) is 0. The van der Waals surface area contributed by atoms with Crippen LogP contribution < -0.4 is 4.74 Å². The zero-order valence-corrected chi connectivity index (χ0v) is 14.7. The van der Waals surface area contributed by atoms with E-state index in [1.165, 1.54) is 6.07 Å². The fraction of sp³-hybridized carbons (Fsp3) is 0.250. The standard InChI is InChI=1S/C16H15Br2FO/c1-9-6-11(19)4-5-12(9)16(18)13-8-14(17)10(2)7-15(13)20-3/h4-8,16H,1-3H3. The summed E-state index contributed by atoms with van der Waals surface area (Å²) in [5.74, 6) is 0.597. The number of rotatable bonds is 3. The quantitative estimate of drug-likeness (QED) is 0.599. The molecule has 0 spiro atoms. The van der Waals surface area contributed by atoms with Gasteiger partial charge in [-0.3, -0.25) is 0 Å². The summed E-state index contributed by atoms with van der Waals surface area (Å²) in [6, 6.07) is 8.85. The summed E-state index contributed by atoms with van der Waals surface area (Å²) in [7, 11) is 1.66. The first-order chi connectivity index (χ1) is 9.43. The van der Waals surface area contributed by atoms with Crippen molar-refractivity contribution in [2.24, 2.45) is 0 Å². The Morgan fingerprint density at radius 3 is 2.35 bits per heavy atom. The number of methoxy groups -OCH3 is 1. The van der Waals surface area contributed by atoms with Gasteiger partial charge in [0.1, 0.15) is 11.6 Å². The monoisotopic (exact) mass is 400 g/mol. The summed E-state index contributed by atoms with van der Waals surface area (Å²) >= 11 is 7.24. The highest BCUT2D eigenvalue weighted by molar-refractivity contribution is 9.10. The molecule has 2 aromatic rings. The Morgan fingerprint density at radius 2 is 1.75 bits per heavy atom. The first kappa shape index (κ1) is 15.5. The van der Waals surface area contributed by atoms with Crippen LogP contribution >= 0.6 is 31.9 Å². The van der Waals surface area contributed by atoms with E-state index in [2.05, 4.69) is 31.9 Å². The molecule has 0 aliphatic heterocycles. The summed E-state index contributed by atoms with van der Waals surface area (Å²) in [5, 5.41) is 0. The van der Waals surface area contributed by atoms with E-state index in [0.717, 1.165) is 32.5 Å². The molecule has 2 aromatic carbocycles. The van der Waals surface area contributed by atoms with Crippen LogP contribution in [0.25, 0.3) is 0 Å². The Bertz CT molecular complexity index is 641. The van der Waals surface area contributed by atoms with Crippen LogP contribution in [0.15, 0.2) is 34.8 Å². The molecule has 4 heteroatoms. The van der Waals surface area contributed by atoms with Gasteiger partial charge in [0.25, 0.3) is 0 Å². The van der Waals surface area contributed by atoms with Crippen molar-refractivity contribution in [2.45, 2.75) is 18.7 Å². The smallest absolute Gasteiger partial charge is 0.123 e. The lowest BCUT2D eigenvalue weighted by atomic mass is 9.99. The summed E-state index contributed by atoms with van der Waals surface area (Å²) in [5.41, 5.74) is 4.06. The number of aryl methyl sites for hydroxylation is 2. The summed E-state index contributed by atoms with van der Waals surface area (Å²) in [6.45, 7) is 3.92. The van der Waals surface area contributed by atoms with Crippen molar-refractivity contribution in [3.8, 4) is 5.75 Å². The van der Waals surface area contributed by atoms with Crippen molar-refractivity contribution in [2.75, 3.05) is 7.11 Å². The summed E-state index contributed by atoms with van der Waals surface area (Å²) in [4.78, 5) is -0.0463. The molecule has 0 aromatic heterocycles. The molecule has 0 fully saturated rings. The van der Waals surface area contributed by atoms with Gasteiger partial charge >= 0.3 is 0 Å². The highest BCUT2D eigenvalue weighted by Gasteiger charge is 2.18. The molecule has 1 unspecified atom stereocenters. The summed E-state index contributed by atoms with van der Waals surface area (Å²) < 4.78 is 19.7. The molecule has 0 heterocycles. The molecule has 0 amide bonds. The van der Waals surface area contributed by atoms with Crippen LogP contribution in [-0.4, -0.2) is 7.11 Å². The minimum absolute atomic E-state index is 0.0463. The number of ether oxygens (including phenoxy) is 1. The molecule has 0 radical (unpaired) electrons. The first-order valence-corrected chi connectivity index (χ1v) is 7.89. The Morgan fingerprint density at radius 1 is 1.05 bits per heavy atom. The summed E-state index contributed by atoms with van der Waals surface area (Å²) in [6.07, 6.45) is 0. The first-order valence-electron chi connectivity index (χ1n) is 6.18. The molecule has 1 nitrogen and oxygen atoms in total. The molecule has 2 rings (SSSR count). The Balaban J connectivity index is 2.52. The number of alkyl halides is 1. The van der Waals surface area contributed by atoms with Crippen LogP contribution in [0.3, 0.4) is 0 Å². The van der Waals surface area contributed by atoms with Gasteiger partial charge in [-0.25, -0.2) is 4.39 Å². The Kier molecular flexibility index (Phi) is 4.86. The SMILES string of the molecule is COc1cc(C)c(Br)cc1C(Br)c1ccc(F)cc1C. The highest BCUT2D eigenvalue weighted by atomic mass is 79.9. The minimum Gasteiger partial charge on any atom is -0.496 e. The fourth-order valence-corrected chi connectivity index (χ4v) is 3.37. The molecule has 106 valence electrons. The van der Waals surface area contributed by atoms with Crippen LogP contribution in [0.5, 0.6) is 5.75 Å². The van der Waals surface area contributed by atoms with Crippen molar-refractivity contribution in [1.29, 1.82) is 0 Å². The lowest BCUT2D eigenvalue weighted by Crippen LogP contribution is -2.00. The van der Waals surface area contributed by atoms with Gasteiger partial charge < -0.3 is 4.74 Å². The van der Waals surface area contributed by atoms with Gasteiger partial charge in [-0.15, -0.1) is 0 Å². The lowest BCUT2D eigenvalue weighted by molar-refractivity contribution is 0.410. The predicted octanol–water partition coefficient (Wildman–Crippen LogP) is 5.70. The molecule has 0 aliphatic rings. The van der Waals surface area contributed by atoms with E-state index < -0.39 is 0 Å².